The average molecular weight is 490 g/mol. The number of carbonyl (C=O) groups excluding carboxylic acids is 2. The molecule has 0 aliphatic heterocycles. The van der Waals surface area contributed by atoms with Gasteiger partial charge in [-0.05, 0) is 63.9 Å². The molecule has 0 radical (unpaired) electrons. The van der Waals surface area contributed by atoms with Crippen molar-refractivity contribution in [2.24, 2.45) is 0 Å². The Hall–Kier alpha value is -3.07. The van der Waals surface area contributed by atoms with Crippen LogP contribution in [0.15, 0.2) is 54.6 Å². The van der Waals surface area contributed by atoms with Gasteiger partial charge in [0.05, 0.1) is 19.1 Å². The van der Waals surface area contributed by atoms with Crippen molar-refractivity contribution < 1.29 is 22.7 Å². The number of rotatable bonds is 10. The zero-order valence-electron chi connectivity index (χ0n) is 20.7. The molecule has 1 N–H and O–H groups in total. The number of anilines is 1. The fourth-order valence-corrected chi connectivity index (χ4v) is 4.26. The van der Waals surface area contributed by atoms with E-state index in [1.807, 2.05) is 51.1 Å². The number of hydrogen-bond donors (Lipinski definition) is 1. The Morgan fingerprint density at radius 1 is 1.03 bits per heavy atom. The van der Waals surface area contributed by atoms with Gasteiger partial charge in [-0.1, -0.05) is 30.3 Å². The van der Waals surface area contributed by atoms with Gasteiger partial charge < -0.3 is 15.0 Å². The number of amides is 2. The molecule has 34 heavy (non-hydrogen) atoms. The molecule has 0 spiro atoms. The molecule has 0 heterocycles. The van der Waals surface area contributed by atoms with Gasteiger partial charge in [0.2, 0.25) is 21.8 Å². The van der Waals surface area contributed by atoms with E-state index in [4.69, 9.17) is 4.74 Å². The number of hydrogen-bond acceptors (Lipinski definition) is 5. The summed E-state index contributed by atoms with van der Waals surface area (Å²) < 4.78 is 31.3. The first kappa shape index (κ1) is 27.2. The lowest BCUT2D eigenvalue weighted by atomic mass is 10.1. The molecule has 0 fully saturated rings. The number of methoxy groups -OCH3 is 1. The molecule has 1 unspecified atom stereocenters. The molecule has 2 amide bonds. The molecule has 8 nitrogen and oxygen atoms in total. The fraction of sp³-hybridized carbons (Fsp3) is 0.440. The van der Waals surface area contributed by atoms with Gasteiger partial charge in [0.1, 0.15) is 18.3 Å². The molecule has 0 saturated heterocycles. The maximum absolute atomic E-state index is 13.4. The standard InChI is InChI=1S/C25H35N3O5S/c1-19(24(30)26-25(2,3)4)27(17-16-20-10-8-7-9-11-20)23(29)18-28(34(6,31)32)21-12-14-22(33-5)15-13-21/h7-15,19H,16-18H2,1-6H3,(H,26,30). The van der Waals surface area contributed by atoms with E-state index in [1.54, 1.807) is 31.2 Å². The van der Waals surface area contributed by atoms with Crippen molar-refractivity contribution >= 4 is 27.5 Å². The van der Waals surface area contributed by atoms with E-state index in [0.29, 0.717) is 17.9 Å². The molecule has 2 aromatic carbocycles. The summed E-state index contributed by atoms with van der Waals surface area (Å²) in [5.41, 5.74) is 0.881. The third-order valence-corrected chi connectivity index (χ3v) is 6.33. The summed E-state index contributed by atoms with van der Waals surface area (Å²) in [6.07, 6.45) is 1.58. The van der Waals surface area contributed by atoms with Crippen LogP contribution >= 0.6 is 0 Å². The molecule has 9 heteroatoms. The molecule has 186 valence electrons. The molecule has 0 saturated carbocycles. The summed E-state index contributed by atoms with van der Waals surface area (Å²) in [4.78, 5) is 27.8. The van der Waals surface area contributed by atoms with E-state index in [9.17, 15) is 18.0 Å². The van der Waals surface area contributed by atoms with E-state index >= 15 is 0 Å². The minimum Gasteiger partial charge on any atom is -0.497 e. The van der Waals surface area contributed by atoms with E-state index in [1.165, 1.54) is 12.0 Å². The quantitative estimate of drug-likeness (QED) is 0.554. The second kappa shape index (κ2) is 11.4. The van der Waals surface area contributed by atoms with Gasteiger partial charge in [0, 0.05) is 12.1 Å². The third kappa shape index (κ3) is 8.06. The van der Waals surface area contributed by atoms with Gasteiger partial charge in [-0.15, -0.1) is 0 Å². The summed E-state index contributed by atoms with van der Waals surface area (Å²) in [5, 5.41) is 2.90. The molecule has 0 bridgehead atoms. The van der Waals surface area contributed by atoms with Crippen LogP contribution in [-0.2, 0) is 26.0 Å². The number of nitrogens with one attached hydrogen (secondary N) is 1. The molecule has 0 aliphatic carbocycles. The molecular formula is C25H35N3O5S. The predicted octanol–water partition coefficient (Wildman–Crippen LogP) is 2.84. The van der Waals surface area contributed by atoms with E-state index < -0.39 is 34.1 Å². The highest BCUT2D eigenvalue weighted by atomic mass is 32.2. The third-order valence-electron chi connectivity index (χ3n) is 5.19. The van der Waals surface area contributed by atoms with Crippen LogP contribution in [0.5, 0.6) is 5.75 Å². The van der Waals surface area contributed by atoms with Crippen molar-refractivity contribution in [1.82, 2.24) is 10.2 Å². The van der Waals surface area contributed by atoms with Crippen LogP contribution in [0.3, 0.4) is 0 Å². The zero-order valence-corrected chi connectivity index (χ0v) is 21.6. The highest BCUT2D eigenvalue weighted by Crippen LogP contribution is 2.22. The van der Waals surface area contributed by atoms with Crippen LogP contribution in [0, 0.1) is 0 Å². The van der Waals surface area contributed by atoms with Crippen LogP contribution in [-0.4, -0.2) is 63.2 Å². The average Bonchev–Trinajstić information content (AvgIpc) is 2.76. The molecule has 0 aliphatic rings. The van der Waals surface area contributed by atoms with Crippen LogP contribution in [0.4, 0.5) is 5.69 Å². The van der Waals surface area contributed by atoms with Crippen molar-refractivity contribution in [2.75, 3.05) is 30.8 Å². The van der Waals surface area contributed by atoms with Crippen LogP contribution in [0.1, 0.15) is 33.3 Å². The van der Waals surface area contributed by atoms with Crippen LogP contribution in [0.25, 0.3) is 0 Å². The monoisotopic (exact) mass is 489 g/mol. The van der Waals surface area contributed by atoms with E-state index in [2.05, 4.69) is 5.32 Å². The first-order valence-electron chi connectivity index (χ1n) is 11.1. The second-order valence-corrected chi connectivity index (χ2v) is 11.1. The van der Waals surface area contributed by atoms with Gasteiger partial charge in [-0.3, -0.25) is 13.9 Å². The lowest BCUT2D eigenvalue weighted by Gasteiger charge is -2.33. The Morgan fingerprint density at radius 3 is 2.12 bits per heavy atom. The highest BCUT2D eigenvalue weighted by Gasteiger charge is 2.31. The van der Waals surface area contributed by atoms with E-state index in [0.717, 1.165) is 16.1 Å². The van der Waals surface area contributed by atoms with Crippen LogP contribution < -0.4 is 14.4 Å². The van der Waals surface area contributed by atoms with Gasteiger partial charge in [-0.25, -0.2) is 8.42 Å². The second-order valence-electron chi connectivity index (χ2n) is 9.21. The number of ether oxygens (including phenoxy) is 1. The zero-order chi connectivity index (χ0) is 25.5. The van der Waals surface area contributed by atoms with Gasteiger partial charge in [0.15, 0.2) is 0 Å². The van der Waals surface area contributed by atoms with Crippen molar-refractivity contribution in [3.63, 3.8) is 0 Å². The van der Waals surface area contributed by atoms with Crippen LogP contribution in [0.2, 0.25) is 0 Å². The molecule has 1 atom stereocenters. The minimum absolute atomic E-state index is 0.266. The number of nitrogens with zero attached hydrogens (tertiary/aromatic N) is 2. The first-order valence-corrected chi connectivity index (χ1v) is 12.9. The summed E-state index contributed by atoms with van der Waals surface area (Å²) in [5.74, 6) is -0.196. The smallest absolute Gasteiger partial charge is 0.244 e. The SMILES string of the molecule is COc1ccc(N(CC(=O)N(CCc2ccccc2)C(C)C(=O)NC(C)(C)C)S(C)(=O)=O)cc1. The summed E-state index contributed by atoms with van der Waals surface area (Å²) >= 11 is 0. The minimum atomic E-state index is -3.76. The van der Waals surface area contributed by atoms with Crippen molar-refractivity contribution in [2.45, 2.75) is 45.7 Å². The predicted molar refractivity (Wildman–Crippen MR) is 134 cm³/mol. The maximum atomic E-state index is 13.4. The first-order chi connectivity index (χ1) is 15.8. The van der Waals surface area contributed by atoms with Crippen molar-refractivity contribution in [1.29, 1.82) is 0 Å². The normalized spacial score (nSPS) is 12.5. The Morgan fingerprint density at radius 2 is 1.62 bits per heavy atom. The van der Waals surface area contributed by atoms with Gasteiger partial charge >= 0.3 is 0 Å². The summed E-state index contributed by atoms with van der Waals surface area (Å²) in [6.45, 7) is 7.09. The topological polar surface area (TPSA) is 96.0 Å². The van der Waals surface area contributed by atoms with Gasteiger partial charge in [0.25, 0.3) is 0 Å². The van der Waals surface area contributed by atoms with Crippen molar-refractivity contribution in [3.8, 4) is 5.75 Å². The fourth-order valence-electron chi connectivity index (χ4n) is 3.41. The van der Waals surface area contributed by atoms with Crippen molar-refractivity contribution in [3.05, 3.63) is 60.2 Å². The Kier molecular flexibility index (Phi) is 9.09. The molecular weight excluding hydrogens is 454 g/mol. The van der Waals surface area contributed by atoms with Gasteiger partial charge in [-0.2, -0.15) is 0 Å². The Labute approximate surface area is 202 Å². The lowest BCUT2D eigenvalue weighted by Crippen LogP contribution is -2.55. The number of carbonyl (C=O) groups is 2. The lowest BCUT2D eigenvalue weighted by molar-refractivity contribution is -0.139. The molecule has 2 rings (SSSR count). The molecule has 0 aromatic heterocycles. The number of sulfonamides is 1. The molecule has 2 aromatic rings. The Balaban J connectivity index is 2.31. The highest BCUT2D eigenvalue weighted by molar-refractivity contribution is 7.92. The largest absolute Gasteiger partial charge is 0.497 e. The van der Waals surface area contributed by atoms with E-state index in [-0.39, 0.29) is 12.5 Å². The summed E-state index contributed by atoms with van der Waals surface area (Å²) in [6, 6.07) is 15.3. The Bertz CT molecular complexity index is 1060. The summed E-state index contributed by atoms with van der Waals surface area (Å²) in [7, 11) is -2.25. The number of benzene rings is 2. The maximum Gasteiger partial charge on any atom is 0.244 e.